The zero-order chi connectivity index (χ0) is 20.8. The predicted octanol–water partition coefficient (Wildman–Crippen LogP) is 5.05. The van der Waals surface area contributed by atoms with E-state index in [0.717, 1.165) is 39.5 Å². The predicted molar refractivity (Wildman–Crippen MR) is 117 cm³/mol. The molecular formula is C24H19N3O3. The van der Waals surface area contributed by atoms with Gasteiger partial charge in [0.2, 0.25) is 0 Å². The summed E-state index contributed by atoms with van der Waals surface area (Å²) in [5, 5.41) is 12.9. The number of benzene rings is 3. The molecule has 0 saturated heterocycles. The highest BCUT2D eigenvalue weighted by atomic mass is 16.5. The van der Waals surface area contributed by atoms with Crippen molar-refractivity contribution in [3.05, 3.63) is 96.3 Å². The largest absolute Gasteiger partial charge is 0.489 e. The van der Waals surface area contributed by atoms with Crippen LogP contribution in [0, 0.1) is 0 Å². The third-order valence-electron chi connectivity index (χ3n) is 4.44. The Hall–Kier alpha value is -4.19. The highest BCUT2D eigenvalue weighted by Crippen LogP contribution is 2.26. The molecule has 0 radical (unpaired) electrons. The van der Waals surface area contributed by atoms with E-state index in [4.69, 9.17) is 9.84 Å². The molecule has 1 aromatic heterocycles. The maximum atomic E-state index is 10.8. The molecule has 0 aliphatic carbocycles. The number of aliphatic carboxylic acids is 1. The summed E-state index contributed by atoms with van der Waals surface area (Å²) < 4.78 is 5.82. The third kappa shape index (κ3) is 4.80. The standard InChI is InChI=1S/C24H19N3O3/c28-23(29)13-7-17-6-12-22-21(14-17)24(26-16-25-22)27-19-8-10-20(11-9-19)30-15-18-4-2-1-3-5-18/h1-14,16H,15H2,(H,28,29)(H,25,26,27). The summed E-state index contributed by atoms with van der Waals surface area (Å²) in [5.74, 6) is 0.425. The van der Waals surface area contributed by atoms with Crippen molar-refractivity contribution in [1.29, 1.82) is 0 Å². The lowest BCUT2D eigenvalue weighted by Crippen LogP contribution is -1.97. The van der Waals surface area contributed by atoms with Crippen LogP contribution in [-0.2, 0) is 11.4 Å². The molecule has 0 unspecified atom stereocenters. The van der Waals surface area contributed by atoms with Crippen LogP contribution in [0.2, 0.25) is 0 Å². The van der Waals surface area contributed by atoms with Crippen molar-refractivity contribution in [3.63, 3.8) is 0 Å². The molecule has 0 bridgehead atoms. The van der Waals surface area contributed by atoms with Crippen LogP contribution in [0.1, 0.15) is 11.1 Å². The Morgan fingerprint density at radius 2 is 1.80 bits per heavy atom. The van der Waals surface area contributed by atoms with Gasteiger partial charge in [0.05, 0.1) is 5.52 Å². The van der Waals surface area contributed by atoms with E-state index in [0.29, 0.717) is 12.4 Å². The van der Waals surface area contributed by atoms with Crippen LogP contribution in [0.3, 0.4) is 0 Å². The lowest BCUT2D eigenvalue weighted by Gasteiger charge is -2.10. The van der Waals surface area contributed by atoms with Gasteiger partial charge in [-0.15, -0.1) is 0 Å². The Bertz CT molecular complexity index is 1190. The Morgan fingerprint density at radius 1 is 1.00 bits per heavy atom. The molecule has 0 aliphatic heterocycles. The van der Waals surface area contributed by atoms with Crippen molar-refractivity contribution in [2.45, 2.75) is 6.61 Å². The minimum Gasteiger partial charge on any atom is -0.489 e. The highest BCUT2D eigenvalue weighted by molar-refractivity contribution is 5.93. The highest BCUT2D eigenvalue weighted by Gasteiger charge is 2.06. The van der Waals surface area contributed by atoms with Crippen LogP contribution >= 0.6 is 0 Å². The summed E-state index contributed by atoms with van der Waals surface area (Å²) in [4.78, 5) is 19.4. The molecule has 0 spiro atoms. The first kappa shape index (κ1) is 19.1. The Kier molecular flexibility index (Phi) is 5.66. The second kappa shape index (κ2) is 8.87. The normalized spacial score (nSPS) is 10.9. The number of hydrogen-bond acceptors (Lipinski definition) is 5. The van der Waals surface area contributed by atoms with Gasteiger partial charge in [-0.05, 0) is 53.6 Å². The number of anilines is 2. The van der Waals surface area contributed by atoms with Gasteiger partial charge in [0, 0.05) is 17.1 Å². The summed E-state index contributed by atoms with van der Waals surface area (Å²) in [6.45, 7) is 0.511. The Balaban J connectivity index is 1.50. The molecule has 6 heteroatoms. The maximum Gasteiger partial charge on any atom is 0.328 e. The molecule has 0 aliphatic rings. The maximum absolute atomic E-state index is 10.8. The molecule has 3 aromatic carbocycles. The molecule has 2 N–H and O–H groups in total. The second-order valence-corrected chi connectivity index (χ2v) is 6.59. The second-order valence-electron chi connectivity index (χ2n) is 6.59. The number of hydrogen-bond donors (Lipinski definition) is 2. The zero-order valence-corrected chi connectivity index (χ0v) is 16.0. The summed E-state index contributed by atoms with van der Waals surface area (Å²) in [6.07, 6.45) is 4.14. The summed E-state index contributed by atoms with van der Waals surface area (Å²) >= 11 is 0. The van der Waals surface area contributed by atoms with Gasteiger partial charge in [-0.1, -0.05) is 36.4 Å². The quantitative estimate of drug-likeness (QED) is 0.425. The number of carbonyl (C=O) groups is 1. The molecule has 148 valence electrons. The number of nitrogens with one attached hydrogen (secondary N) is 1. The van der Waals surface area contributed by atoms with E-state index in [1.54, 1.807) is 0 Å². The Morgan fingerprint density at radius 3 is 2.57 bits per heavy atom. The minimum absolute atomic E-state index is 0.511. The number of fused-ring (bicyclic) bond motifs is 1. The monoisotopic (exact) mass is 397 g/mol. The van der Waals surface area contributed by atoms with E-state index >= 15 is 0 Å². The summed E-state index contributed by atoms with van der Waals surface area (Å²) in [7, 11) is 0. The molecule has 6 nitrogen and oxygen atoms in total. The number of aromatic nitrogens is 2. The van der Waals surface area contributed by atoms with Crippen molar-refractivity contribution in [2.24, 2.45) is 0 Å². The van der Waals surface area contributed by atoms with E-state index in [1.165, 1.54) is 12.4 Å². The fraction of sp³-hybridized carbons (Fsp3) is 0.0417. The number of rotatable bonds is 7. The number of ether oxygens (including phenoxy) is 1. The van der Waals surface area contributed by atoms with E-state index in [1.807, 2.05) is 72.8 Å². The van der Waals surface area contributed by atoms with E-state index in [-0.39, 0.29) is 0 Å². The minimum atomic E-state index is -0.993. The van der Waals surface area contributed by atoms with Crippen LogP contribution in [0.5, 0.6) is 5.75 Å². The van der Waals surface area contributed by atoms with Crippen LogP contribution in [0.4, 0.5) is 11.5 Å². The van der Waals surface area contributed by atoms with Crippen molar-refractivity contribution in [3.8, 4) is 5.75 Å². The van der Waals surface area contributed by atoms with Crippen molar-refractivity contribution in [2.75, 3.05) is 5.32 Å². The molecule has 4 rings (SSSR count). The molecule has 0 atom stereocenters. The van der Waals surface area contributed by atoms with Gasteiger partial charge in [0.1, 0.15) is 24.5 Å². The van der Waals surface area contributed by atoms with E-state index in [9.17, 15) is 4.79 Å². The number of carboxylic acids is 1. The third-order valence-corrected chi connectivity index (χ3v) is 4.44. The SMILES string of the molecule is O=C(O)C=Cc1ccc2ncnc(Nc3ccc(OCc4ccccc4)cc3)c2c1. The fourth-order valence-electron chi connectivity index (χ4n) is 2.96. The van der Waals surface area contributed by atoms with Gasteiger partial charge in [0.15, 0.2) is 0 Å². The smallest absolute Gasteiger partial charge is 0.328 e. The topological polar surface area (TPSA) is 84.3 Å². The molecule has 1 heterocycles. The van der Waals surface area contributed by atoms with Gasteiger partial charge < -0.3 is 15.2 Å². The zero-order valence-electron chi connectivity index (χ0n) is 16.0. The first-order chi connectivity index (χ1) is 14.7. The summed E-state index contributed by atoms with van der Waals surface area (Å²) in [6, 6.07) is 23.1. The van der Waals surface area contributed by atoms with Gasteiger partial charge in [0.25, 0.3) is 0 Å². The average molecular weight is 397 g/mol. The van der Waals surface area contributed by atoms with Crippen molar-refractivity contribution in [1.82, 2.24) is 9.97 Å². The molecule has 0 fully saturated rings. The average Bonchev–Trinajstić information content (AvgIpc) is 2.78. The molecular weight excluding hydrogens is 378 g/mol. The van der Waals surface area contributed by atoms with Crippen LogP contribution in [-0.4, -0.2) is 21.0 Å². The van der Waals surface area contributed by atoms with Crippen molar-refractivity contribution >= 4 is 34.5 Å². The van der Waals surface area contributed by atoms with E-state index < -0.39 is 5.97 Å². The lowest BCUT2D eigenvalue weighted by atomic mass is 10.1. The van der Waals surface area contributed by atoms with Crippen LogP contribution < -0.4 is 10.1 Å². The van der Waals surface area contributed by atoms with Crippen LogP contribution in [0.25, 0.3) is 17.0 Å². The first-order valence-corrected chi connectivity index (χ1v) is 9.37. The number of nitrogens with zero attached hydrogens (tertiary/aromatic N) is 2. The lowest BCUT2D eigenvalue weighted by molar-refractivity contribution is -0.131. The van der Waals surface area contributed by atoms with Crippen molar-refractivity contribution < 1.29 is 14.6 Å². The molecule has 4 aromatic rings. The molecule has 0 saturated carbocycles. The first-order valence-electron chi connectivity index (χ1n) is 9.37. The molecule has 30 heavy (non-hydrogen) atoms. The van der Waals surface area contributed by atoms with Gasteiger partial charge in [-0.2, -0.15) is 0 Å². The van der Waals surface area contributed by atoms with Gasteiger partial charge >= 0.3 is 5.97 Å². The molecule has 0 amide bonds. The Labute approximate surface area is 173 Å². The van der Waals surface area contributed by atoms with Crippen LogP contribution in [0.15, 0.2) is 85.2 Å². The van der Waals surface area contributed by atoms with E-state index in [2.05, 4.69) is 15.3 Å². The summed E-state index contributed by atoms with van der Waals surface area (Å²) in [5.41, 5.74) is 3.49. The number of carboxylic acid groups (broad SMARTS) is 1. The fourth-order valence-corrected chi connectivity index (χ4v) is 2.96. The van der Waals surface area contributed by atoms with Gasteiger partial charge in [-0.25, -0.2) is 14.8 Å². The van der Waals surface area contributed by atoms with Gasteiger partial charge in [-0.3, -0.25) is 0 Å².